The number of hydrogen-bond acceptors (Lipinski definition) is 2. The van der Waals surface area contributed by atoms with E-state index in [0.717, 1.165) is 15.9 Å². The monoisotopic (exact) mass is 324 g/mol. The molecule has 0 N–H and O–H groups in total. The Labute approximate surface area is 139 Å². The number of hydrogen-bond donors (Lipinski definition) is 0. The summed E-state index contributed by atoms with van der Waals surface area (Å²) in [6, 6.07) is 10.0. The number of amides is 1. The van der Waals surface area contributed by atoms with E-state index in [0.29, 0.717) is 5.56 Å². The van der Waals surface area contributed by atoms with E-state index in [-0.39, 0.29) is 5.91 Å². The Hall–Kier alpha value is -2.20. The third-order valence-electron chi connectivity index (χ3n) is 4.19. The number of aryl methyl sites for hydroxylation is 5. The number of rotatable bonds is 1. The Morgan fingerprint density at radius 1 is 1.00 bits per heavy atom. The van der Waals surface area contributed by atoms with E-state index in [1.807, 2.05) is 43.7 Å². The van der Waals surface area contributed by atoms with Crippen LogP contribution in [0.15, 0.2) is 35.3 Å². The number of fused-ring (bicyclic) bond motifs is 1. The number of aromatic nitrogens is 1. The first-order valence-corrected chi connectivity index (χ1v) is 8.41. The molecule has 4 heteroatoms. The summed E-state index contributed by atoms with van der Waals surface area (Å²) >= 11 is 1.57. The van der Waals surface area contributed by atoms with E-state index in [2.05, 4.69) is 31.0 Å². The van der Waals surface area contributed by atoms with Crippen LogP contribution in [0.4, 0.5) is 0 Å². The second-order valence-corrected chi connectivity index (χ2v) is 7.07. The fraction of sp³-hybridized carbons (Fsp3) is 0.263. The highest BCUT2D eigenvalue weighted by molar-refractivity contribution is 7.16. The number of nitrogens with zero attached hydrogens (tertiary/aromatic N) is 2. The van der Waals surface area contributed by atoms with Gasteiger partial charge in [0, 0.05) is 12.6 Å². The highest BCUT2D eigenvalue weighted by Gasteiger charge is 2.09. The van der Waals surface area contributed by atoms with Crippen LogP contribution in [0.1, 0.15) is 32.6 Å². The van der Waals surface area contributed by atoms with Crippen molar-refractivity contribution in [1.82, 2.24) is 4.57 Å². The molecule has 0 atom stereocenters. The molecule has 0 spiro atoms. The van der Waals surface area contributed by atoms with E-state index in [9.17, 15) is 4.79 Å². The van der Waals surface area contributed by atoms with E-state index >= 15 is 0 Å². The van der Waals surface area contributed by atoms with Gasteiger partial charge in [-0.3, -0.25) is 4.79 Å². The molecule has 1 aromatic heterocycles. The number of thiazole rings is 1. The third kappa shape index (κ3) is 2.86. The van der Waals surface area contributed by atoms with E-state index in [4.69, 9.17) is 0 Å². The SMILES string of the molecule is Cc1cc(C)c2sc(=NC(=O)c3ccc(C)c(C)c3)n(C)c2c1. The molecular weight excluding hydrogens is 304 g/mol. The molecule has 118 valence electrons. The van der Waals surface area contributed by atoms with Gasteiger partial charge in [-0.05, 0) is 68.1 Å². The number of benzene rings is 2. The Balaban J connectivity index is 2.13. The van der Waals surface area contributed by atoms with E-state index in [1.54, 1.807) is 11.3 Å². The molecule has 1 amide bonds. The molecule has 0 radical (unpaired) electrons. The maximum atomic E-state index is 12.5. The van der Waals surface area contributed by atoms with Gasteiger partial charge in [0.15, 0.2) is 4.80 Å². The molecule has 0 unspecified atom stereocenters. The van der Waals surface area contributed by atoms with Crippen molar-refractivity contribution in [2.45, 2.75) is 27.7 Å². The minimum atomic E-state index is -0.190. The van der Waals surface area contributed by atoms with Crippen LogP contribution in [0.3, 0.4) is 0 Å². The topological polar surface area (TPSA) is 34.4 Å². The summed E-state index contributed by atoms with van der Waals surface area (Å²) in [6.45, 7) is 8.23. The van der Waals surface area contributed by atoms with Gasteiger partial charge in [-0.1, -0.05) is 23.5 Å². The van der Waals surface area contributed by atoms with Crippen molar-refractivity contribution in [3.05, 3.63) is 63.0 Å². The molecule has 0 aliphatic carbocycles. The van der Waals surface area contributed by atoms with Crippen molar-refractivity contribution in [1.29, 1.82) is 0 Å². The molecular formula is C19H20N2OS. The molecule has 3 nitrogen and oxygen atoms in total. The lowest BCUT2D eigenvalue weighted by Gasteiger charge is -2.01. The van der Waals surface area contributed by atoms with Crippen LogP contribution in [0, 0.1) is 27.7 Å². The zero-order chi connectivity index (χ0) is 16.7. The Morgan fingerprint density at radius 3 is 2.43 bits per heavy atom. The van der Waals surface area contributed by atoms with Crippen molar-refractivity contribution in [2.75, 3.05) is 0 Å². The first kappa shape index (κ1) is 15.7. The molecule has 0 saturated carbocycles. The van der Waals surface area contributed by atoms with E-state index in [1.165, 1.54) is 21.4 Å². The molecule has 1 heterocycles. The van der Waals surface area contributed by atoms with Gasteiger partial charge in [0.2, 0.25) is 0 Å². The maximum Gasteiger partial charge on any atom is 0.279 e. The summed E-state index contributed by atoms with van der Waals surface area (Å²) in [5, 5.41) is 0. The van der Waals surface area contributed by atoms with Crippen LogP contribution in [0.2, 0.25) is 0 Å². The summed E-state index contributed by atoms with van der Waals surface area (Å²) in [4.78, 5) is 17.6. The van der Waals surface area contributed by atoms with Gasteiger partial charge in [-0.25, -0.2) is 0 Å². The van der Waals surface area contributed by atoms with Gasteiger partial charge in [0.1, 0.15) is 0 Å². The molecule has 0 aliphatic heterocycles. The van der Waals surface area contributed by atoms with Crippen LogP contribution >= 0.6 is 11.3 Å². The first-order chi connectivity index (χ1) is 10.9. The number of carbonyl (C=O) groups is 1. The van der Waals surface area contributed by atoms with Crippen molar-refractivity contribution >= 4 is 27.5 Å². The molecule has 0 fully saturated rings. The number of carbonyl (C=O) groups excluding carboxylic acids is 1. The highest BCUT2D eigenvalue weighted by Crippen LogP contribution is 2.22. The Morgan fingerprint density at radius 2 is 1.74 bits per heavy atom. The largest absolute Gasteiger partial charge is 0.319 e. The predicted molar refractivity (Wildman–Crippen MR) is 96.1 cm³/mol. The van der Waals surface area contributed by atoms with Crippen molar-refractivity contribution < 1.29 is 4.79 Å². The molecule has 0 aliphatic rings. The Kier molecular flexibility index (Phi) is 3.94. The first-order valence-electron chi connectivity index (χ1n) is 7.60. The molecule has 3 aromatic rings. The summed E-state index contributed by atoms with van der Waals surface area (Å²) in [7, 11) is 1.96. The van der Waals surface area contributed by atoms with Crippen LogP contribution < -0.4 is 4.80 Å². The standard InChI is InChI=1S/C19H20N2OS/c1-11-8-14(4)17-16(9-11)21(5)19(23-17)20-18(22)15-7-6-12(2)13(3)10-15/h6-10H,1-5H3. The predicted octanol–water partition coefficient (Wildman–Crippen LogP) is 4.21. The van der Waals surface area contributed by atoms with Crippen molar-refractivity contribution in [3.8, 4) is 0 Å². The zero-order valence-corrected chi connectivity index (χ0v) is 14.9. The van der Waals surface area contributed by atoms with Crippen molar-refractivity contribution in [2.24, 2.45) is 12.0 Å². The second kappa shape index (κ2) is 5.78. The zero-order valence-electron chi connectivity index (χ0n) is 14.1. The van der Waals surface area contributed by atoms with Gasteiger partial charge >= 0.3 is 0 Å². The average Bonchev–Trinajstić information content (AvgIpc) is 2.79. The fourth-order valence-electron chi connectivity index (χ4n) is 2.70. The van der Waals surface area contributed by atoms with E-state index < -0.39 is 0 Å². The Bertz CT molecular complexity index is 993. The summed E-state index contributed by atoms with van der Waals surface area (Å²) in [5.41, 5.74) is 6.49. The molecule has 0 bridgehead atoms. The van der Waals surface area contributed by atoms with Gasteiger partial charge in [0.25, 0.3) is 5.91 Å². The lowest BCUT2D eigenvalue weighted by Crippen LogP contribution is -2.13. The summed E-state index contributed by atoms with van der Waals surface area (Å²) in [5.74, 6) is -0.190. The van der Waals surface area contributed by atoms with Gasteiger partial charge in [0.05, 0.1) is 10.2 Å². The summed E-state index contributed by atoms with van der Waals surface area (Å²) < 4.78 is 3.18. The second-order valence-electron chi connectivity index (χ2n) is 6.09. The van der Waals surface area contributed by atoms with Gasteiger partial charge in [-0.15, -0.1) is 0 Å². The smallest absolute Gasteiger partial charge is 0.279 e. The van der Waals surface area contributed by atoms with Gasteiger partial charge < -0.3 is 4.57 Å². The lowest BCUT2D eigenvalue weighted by molar-refractivity contribution is 0.0998. The molecule has 0 saturated heterocycles. The van der Waals surface area contributed by atoms with Crippen molar-refractivity contribution in [3.63, 3.8) is 0 Å². The summed E-state index contributed by atoms with van der Waals surface area (Å²) in [6.07, 6.45) is 0. The minimum Gasteiger partial charge on any atom is -0.319 e. The third-order valence-corrected chi connectivity index (χ3v) is 5.48. The van der Waals surface area contributed by atoms with Crippen LogP contribution in [-0.2, 0) is 7.05 Å². The normalized spacial score (nSPS) is 12.1. The quantitative estimate of drug-likeness (QED) is 0.660. The molecule has 23 heavy (non-hydrogen) atoms. The van der Waals surface area contributed by atoms with Crippen LogP contribution in [0.5, 0.6) is 0 Å². The van der Waals surface area contributed by atoms with Crippen LogP contribution in [-0.4, -0.2) is 10.5 Å². The average molecular weight is 324 g/mol. The van der Waals surface area contributed by atoms with Gasteiger partial charge in [-0.2, -0.15) is 4.99 Å². The van der Waals surface area contributed by atoms with Crippen LogP contribution in [0.25, 0.3) is 10.2 Å². The highest BCUT2D eigenvalue weighted by atomic mass is 32.1. The molecule has 3 rings (SSSR count). The lowest BCUT2D eigenvalue weighted by atomic mass is 10.1. The molecule has 2 aromatic carbocycles. The maximum absolute atomic E-state index is 12.5. The minimum absolute atomic E-state index is 0.190. The fourth-order valence-corrected chi connectivity index (χ4v) is 3.77.